The predicted molar refractivity (Wildman–Crippen MR) is 70.6 cm³/mol. The van der Waals surface area contributed by atoms with Crippen LogP contribution in [0.5, 0.6) is 0 Å². The monoisotopic (exact) mass is 231 g/mol. The van der Waals surface area contributed by atoms with E-state index in [2.05, 4.69) is 28.2 Å². The highest BCUT2D eigenvalue weighted by Crippen LogP contribution is 2.25. The van der Waals surface area contributed by atoms with Crippen LogP contribution in [0, 0.1) is 4.91 Å². The van der Waals surface area contributed by atoms with Crippen molar-refractivity contribution < 1.29 is 0 Å². The smallest absolute Gasteiger partial charge is 0.108 e. The molecule has 17 heavy (non-hydrogen) atoms. The summed E-state index contributed by atoms with van der Waals surface area (Å²) in [5.41, 5.74) is 2.89. The molecule has 1 aromatic carbocycles. The molecule has 0 fully saturated rings. The number of fused-ring (bicyclic) bond motifs is 1. The van der Waals surface area contributed by atoms with Crippen molar-refractivity contribution in [3.05, 3.63) is 34.9 Å². The van der Waals surface area contributed by atoms with Gasteiger partial charge >= 0.3 is 0 Å². The van der Waals surface area contributed by atoms with Gasteiger partial charge in [0.2, 0.25) is 0 Å². The lowest BCUT2D eigenvalue weighted by atomic mass is 10.1. The van der Waals surface area contributed by atoms with Crippen molar-refractivity contribution in [2.24, 2.45) is 12.2 Å². The Bertz CT molecular complexity index is 531. The number of rotatable bonds is 5. The Morgan fingerprint density at radius 2 is 2.24 bits per heavy atom. The Morgan fingerprint density at radius 3 is 2.94 bits per heavy atom. The molecule has 0 aliphatic rings. The van der Waals surface area contributed by atoms with E-state index in [-0.39, 0.29) is 0 Å². The van der Waals surface area contributed by atoms with Crippen molar-refractivity contribution in [1.82, 2.24) is 9.88 Å². The highest BCUT2D eigenvalue weighted by Gasteiger charge is 2.07. The van der Waals surface area contributed by atoms with E-state index in [0.29, 0.717) is 5.69 Å². The first-order valence-corrected chi connectivity index (χ1v) is 5.88. The summed E-state index contributed by atoms with van der Waals surface area (Å²) in [5, 5.41) is 7.42. The number of nitrogens with zero attached hydrogens (tertiary/aromatic N) is 2. The molecule has 0 spiro atoms. The van der Waals surface area contributed by atoms with Gasteiger partial charge in [0.1, 0.15) is 5.69 Å². The third-order valence-corrected chi connectivity index (χ3v) is 2.98. The van der Waals surface area contributed by atoms with E-state index in [1.54, 1.807) is 6.07 Å². The van der Waals surface area contributed by atoms with E-state index in [0.717, 1.165) is 30.4 Å². The molecule has 0 saturated carbocycles. The molecule has 0 saturated heterocycles. The number of likely N-dealkylation sites (N-methyl/N-ethyl adjacent to an activating group) is 1. The SMILES string of the molecule is CCNCCc1cn(C)c2ccc(N=O)cc12. The van der Waals surface area contributed by atoms with Gasteiger partial charge in [-0.2, -0.15) is 0 Å². The summed E-state index contributed by atoms with van der Waals surface area (Å²) in [6.07, 6.45) is 3.09. The number of aromatic nitrogens is 1. The fraction of sp³-hybridized carbons (Fsp3) is 0.385. The number of hydrogen-bond acceptors (Lipinski definition) is 3. The fourth-order valence-electron chi connectivity index (χ4n) is 2.12. The molecule has 1 N–H and O–H groups in total. The van der Waals surface area contributed by atoms with Crippen LogP contribution in [0.1, 0.15) is 12.5 Å². The zero-order valence-electron chi connectivity index (χ0n) is 10.2. The first-order valence-electron chi connectivity index (χ1n) is 5.88. The van der Waals surface area contributed by atoms with E-state index >= 15 is 0 Å². The number of nitroso groups, excluding NO2 is 1. The third-order valence-electron chi connectivity index (χ3n) is 2.98. The highest BCUT2D eigenvalue weighted by molar-refractivity contribution is 5.86. The highest BCUT2D eigenvalue weighted by atomic mass is 16.3. The molecule has 4 heteroatoms. The van der Waals surface area contributed by atoms with Crippen LogP contribution in [0.2, 0.25) is 0 Å². The van der Waals surface area contributed by atoms with E-state index in [9.17, 15) is 4.91 Å². The summed E-state index contributed by atoms with van der Waals surface area (Å²) < 4.78 is 2.09. The van der Waals surface area contributed by atoms with Crippen LogP contribution in [-0.2, 0) is 13.5 Å². The van der Waals surface area contributed by atoms with Gasteiger partial charge in [-0.25, -0.2) is 0 Å². The van der Waals surface area contributed by atoms with E-state index in [1.165, 1.54) is 5.56 Å². The van der Waals surface area contributed by atoms with Crippen LogP contribution in [0.25, 0.3) is 10.9 Å². The van der Waals surface area contributed by atoms with Crippen molar-refractivity contribution in [3.8, 4) is 0 Å². The van der Waals surface area contributed by atoms with Crippen molar-refractivity contribution in [2.45, 2.75) is 13.3 Å². The minimum atomic E-state index is 0.494. The second-order valence-corrected chi connectivity index (χ2v) is 4.16. The Morgan fingerprint density at radius 1 is 1.41 bits per heavy atom. The molecule has 90 valence electrons. The zero-order valence-corrected chi connectivity index (χ0v) is 10.2. The largest absolute Gasteiger partial charge is 0.350 e. The Hall–Kier alpha value is -1.68. The van der Waals surface area contributed by atoms with Crippen molar-refractivity contribution >= 4 is 16.6 Å². The van der Waals surface area contributed by atoms with Crippen LogP contribution < -0.4 is 5.32 Å². The first kappa shape index (κ1) is 11.8. The van der Waals surface area contributed by atoms with Crippen LogP contribution in [-0.4, -0.2) is 17.7 Å². The fourth-order valence-corrected chi connectivity index (χ4v) is 2.12. The summed E-state index contributed by atoms with van der Waals surface area (Å²) >= 11 is 0. The summed E-state index contributed by atoms with van der Waals surface area (Å²) in [6.45, 7) is 4.03. The van der Waals surface area contributed by atoms with Gasteiger partial charge in [0.25, 0.3) is 0 Å². The van der Waals surface area contributed by atoms with Crippen LogP contribution in [0.15, 0.2) is 29.6 Å². The van der Waals surface area contributed by atoms with Gasteiger partial charge in [-0.3, -0.25) is 0 Å². The van der Waals surface area contributed by atoms with Gasteiger partial charge < -0.3 is 9.88 Å². The molecule has 1 heterocycles. The maximum Gasteiger partial charge on any atom is 0.108 e. The molecule has 2 aromatic rings. The van der Waals surface area contributed by atoms with Crippen LogP contribution in [0.4, 0.5) is 5.69 Å². The van der Waals surface area contributed by atoms with Crippen LogP contribution in [0.3, 0.4) is 0 Å². The Balaban J connectivity index is 2.37. The molecule has 0 aliphatic carbocycles. The molecule has 0 amide bonds. The standard InChI is InChI=1S/C13H17N3O/c1-3-14-7-6-10-9-16(2)13-5-4-11(15-17)8-12(10)13/h4-5,8-9,14H,3,6-7H2,1-2H3. The molecule has 0 radical (unpaired) electrons. The summed E-state index contributed by atoms with van der Waals surface area (Å²) in [6, 6.07) is 5.57. The molecule has 0 atom stereocenters. The van der Waals surface area contributed by atoms with E-state index in [1.807, 2.05) is 19.2 Å². The third kappa shape index (κ3) is 2.36. The lowest BCUT2D eigenvalue weighted by molar-refractivity contribution is 0.717. The normalized spacial score (nSPS) is 10.9. The molecular formula is C13H17N3O. The quantitative estimate of drug-likeness (QED) is 0.635. The maximum atomic E-state index is 10.6. The minimum Gasteiger partial charge on any atom is -0.350 e. The molecule has 0 unspecified atom stereocenters. The minimum absolute atomic E-state index is 0.494. The van der Waals surface area contributed by atoms with Gasteiger partial charge in [0, 0.05) is 24.1 Å². The predicted octanol–water partition coefficient (Wildman–Crippen LogP) is 2.73. The first-order chi connectivity index (χ1) is 8.26. The number of aryl methyl sites for hydroxylation is 1. The van der Waals surface area contributed by atoms with Crippen molar-refractivity contribution in [2.75, 3.05) is 13.1 Å². The summed E-state index contributed by atoms with van der Waals surface area (Å²) in [7, 11) is 2.02. The number of benzene rings is 1. The average molecular weight is 231 g/mol. The lowest BCUT2D eigenvalue weighted by Crippen LogP contribution is -2.15. The van der Waals surface area contributed by atoms with Gasteiger partial charge in [-0.1, -0.05) is 6.92 Å². The number of hydrogen-bond donors (Lipinski definition) is 1. The number of nitrogens with one attached hydrogen (secondary N) is 1. The molecule has 0 aliphatic heterocycles. The topological polar surface area (TPSA) is 46.4 Å². The van der Waals surface area contributed by atoms with Gasteiger partial charge in [-0.15, -0.1) is 4.91 Å². The van der Waals surface area contributed by atoms with Gasteiger partial charge in [-0.05, 0) is 48.4 Å². The van der Waals surface area contributed by atoms with Crippen molar-refractivity contribution in [1.29, 1.82) is 0 Å². The zero-order chi connectivity index (χ0) is 12.3. The molecule has 2 rings (SSSR count). The Kier molecular flexibility index (Phi) is 3.54. The summed E-state index contributed by atoms with van der Waals surface area (Å²) in [4.78, 5) is 10.6. The molecule has 4 nitrogen and oxygen atoms in total. The Labute approximate surface area is 101 Å². The van der Waals surface area contributed by atoms with Gasteiger partial charge in [0.15, 0.2) is 0 Å². The molecule has 1 aromatic heterocycles. The second kappa shape index (κ2) is 5.10. The second-order valence-electron chi connectivity index (χ2n) is 4.16. The van der Waals surface area contributed by atoms with Crippen molar-refractivity contribution in [3.63, 3.8) is 0 Å². The van der Waals surface area contributed by atoms with E-state index < -0.39 is 0 Å². The lowest BCUT2D eigenvalue weighted by Gasteiger charge is -2.00. The van der Waals surface area contributed by atoms with Gasteiger partial charge in [0.05, 0.1) is 0 Å². The molecular weight excluding hydrogens is 214 g/mol. The molecule has 0 bridgehead atoms. The summed E-state index contributed by atoms with van der Waals surface area (Å²) in [5.74, 6) is 0. The maximum absolute atomic E-state index is 10.6. The van der Waals surface area contributed by atoms with Crippen LogP contribution >= 0.6 is 0 Å². The average Bonchev–Trinajstić information content (AvgIpc) is 2.66. The van der Waals surface area contributed by atoms with E-state index in [4.69, 9.17) is 0 Å².